The molecule has 0 saturated carbocycles. The van der Waals surface area contributed by atoms with Crippen molar-refractivity contribution in [2.24, 2.45) is 10.7 Å². The molecule has 0 radical (unpaired) electrons. The molecule has 9 heteroatoms. The van der Waals surface area contributed by atoms with Crippen LogP contribution in [-0.4, -0.2) is 54.9 Å². The first kappa shape index (κ1) is 22.7. The van der Waals surface area contributed by atoms with Crippen molar-refractivity contribution in [3.63, 3.8) is 0 Å². The number of aromatic nitrogens is 1. The van der Waals surface area contributed by atoms with Crippen LogP contribution in [0, 0.1) is 13.8 Å². The van der Waals surface area contributed by atoms with E-state index >= 15 is 0 Å². The summed E-state index contributed by atoms with van der Waals surface area (Å²) in [5, 5.41) is 7.00. The van der Waals surface area contributed by atoms with E-state index in [1.165, 1.54) is 0 Å². The summed E-state index contributed by atoms with van der Waals surface area (Å²) in [6.45, 7) is 11.1. The van der Waals surface area contributed by atoms with Gasteiger partial charge >= 0.3 is 0 Å². The lowest BCUT2D eigenvalue weighted by molar-refractivity contribution is -0.118. The lowest BCUT2D eigenvalue weighted by Gasteiger charge is -2.25. The van der Waals surface area contributed by atoms with Crippen LogP contribution >= 0.6 is 11.3 Å². The van der Waals surface area contributed by atoms with Gasteiger partial charge in [0.05, 0.1) is 41.0 Å². The third kappa shape index (κ3) is 7.02. The van der Waals surface area contributed by atoms with Crippen molar-refractivity contribution in [1.29, 1.82) is 0 Å². The third-order valence-electron chi connectivity index (χ3n) is 4.58. The molecule has 3 rings (SSSR count). The predicted octanol–water partition coefficient (Wildman–Crippen LogP) is 2.98. The van der Waals surface area contributed by atoms with Gasteiger partial charge in [0.25, 0.3) is 0 Å². The van der Waals surface area contributed by atoms with Crippen LogP contribution in [0.3, 0.4) is 0 Å². The van der Waals surface area contributed by atoms with E-state index in [1.54, 1.807) is 23.6 Å². The molecular weight excluding hydrogens is 412 g/mol. The number of carbonyl (C=O) groups excluding carboxylic acids is 1. The number of benzene rings is 1. The minimum absolute atomic E-state index is 0.0348. The Kier molecular flexibility index (Phi) is 7.94. The summed E-state index contributed by atoms with van der Waals surface area (Å²) >= 11 is 1.56. The monoisotopic (exact) mass is 440 g/mol. The molecule has 2 aromatic rings. The highest BCUT2D eigenvalue weighted by Gasteiger charge is 2.14. The van der Waals surface area contributed by atoms with Crippen LogP contribution in [0.2, 0.25) is 0 Å². The van der Waals surface area contributed by atoms with Crippen molar-refractivity contribution < 1.29 is 9.53 Å². The van der Waals surface area contributed by atoms with E-state index in [0.29, 0.717) is 31.3 Å². The van der Waals surface area contributed by atoms with Gasteiger partial charge in [-0.2, -0.15) is 0 Å². The number of aryl methyl sites for hydroxylation is 2. The van der Waals surface area contributed by atoms with Gasteiger partial charge in [-0.25, -0.2) is 9.98 Å². The Morgan fingerprint density at radius 3 is 2.52 bits per heavy atom. The molecule has 1 fully saturated rings. The van der Waals surface area contributed by atoms with Crippen molar-refractivity contribution in [3.05, 3.63) is 58.3 Å². The molecule has 8 nitrogen and oxygen atoms in total. The number of ether oxygens (including phenoxy) is 1. The molecule has 2 heterocycles. The van der Waals surface area contributed by atoms with E-state index in [2.05, 4.69) is 32.1 Å². The summed E-state index contributed by atoms with van der Waals surface area (Å²) in [5.41, 5.74) is 9.21. The first-order valence-corrected chi connectivity index (χ1v) is 10.8. The maximum atomic E-state index is 12.2. The smallest absolute Gasteiger partial charge is 0.238 e. The Balaban J connectivity index is 1.48. The number of aliphatic imine (C=N–C) groups is 1. The van der Waals surface area contributed by atoms with Crippen molar-refractivity contribution in [2.45, 2.75) is 13.8 Å². The molecule has 0 unspecified atom stereocenters. The first-order valence-electron chi connectivity index (χ1n) is 10.0. The molecule has 164 valence electrons. The maximum Gasteiger partial charge on any atom is 0.238 e. The fourth-order valence-corrected chi connectivity index (χ4v) is 3.94. The van der Waals surface area contributed by atoms with E-state index in [1.807, 2.05) is 38.1 Å². The second-order valence-electron chi connectivity index (χ2n) is 7.13. The molecular formula is C22H28N6O2S. The number of nitrogens with one attached hydrogen (secondary N) is 2. The highest BCUT2D eigenvalue weighted by molar-refractivity contribution is 7.12. The van der Waals surface area contributed by atoms with Crippen LogP contribution < -0.4 is 16.4 Å². The topological polar surface area (TPSA) is 105 Å². The van der Waals surface area contributed by atoms with Gasteiger partial charge in [-0.3, -0.25) is 9.69 Å². The lowest BCUT2D eigenvalue weighted by atomic mass is 10.2. The lowest BCUT2D eigenvalue weighted by Crippen LogP contribution is -2.41. The summed E-state index contributed by atoms with van der Waals surface area (Å²) in [7, 11) is 0. The van der Waals surface area contributed by atoms with Crippen molar-refractivity contribution >= 4 is 40.5 Å². The minimum atomic E-state index is -0.0348. The first-order chi connectivity index (χ1) is 14.9. The molecule has 0 atom stereocenters. The number of nitrogens with zero attached hydrogens (tertiary/aromatic N) is 3. The Bertz CT molecular complexity index is 974. The summed E-state index contributed by atoms with van der Waals surface area (Å²) < 4.78 is 5.30. The highest BCUT2D eigenvalue weighted by atomic mass is 32.1. The second-order valence-corrected chi connectivity index (χ2v) is 8.34. The number of morpholine rings is 1. The van der Waals surface area contributed by atoms with E-state index in [9.17, 15) is 4.79 Å². The molecule has 4 N–H and O–H groups in total. The van der Waals surface area contributed by atoms with Gasteiger partial charge in [0.2, 0.25) is 5.91 Å². The quantitative estimate of drug-likeness (QED) is 0.545. The molecule has 1 aromatic heterocycles. The number of carbonyl (C=O) groups is 1. The molecule has 1 aliphatic heterocycles. The van der Waals surface area contributed by atoms with Crippen molar-refractivity contribution in [1.82, 2.24) is 9.88 Å². The predicted molar refractivity (Wildman–Crippen MR) is 127 cm³/mol. The zero-order valence-corrected chi connectivity index (χ0v) is 18.7. The summed E-state index contributed by atoms with van der Waals surface area (Å²) in [6, 6.07) is 7.39. The number of hydrogen-bond donors (Lipinski definition) is 3. The van der Waals surface area contributed by atoms with Crippen molar-refractivity contribution in [3.8, 4) is 0 Å². The number of thiazole rings is 1. The van der Waals surface area contributed by atoms with Gasteiger partial charge in [0.1, 0.15) is 5.82 Å². The fraction of sp³-hybridized carbons (Fsp3) is 0.318. The zero-order valence-electron chi connectivity index (χ0n) is 17.9. The maximum absolute atomic E-state index is 12.2. The highest BCUT2D eigenvalue weighted by Crippen LogP contribution is 2.22. The standard InChI is InChI=1S/C22H28N6O2S/c1-15-22(31-17(3)25-15)20(23)8-9-24-16(2)26-18-4-6-19(7-5-18)27-21(29)14-28-10-12-30-13-11-28/h4-9,26H,2,10-14,23H2,1,3H3,(H,27,29)/b20-8-,24-9-. The minimum Gasteiger partial charge on any atom is -0.397 e. The van der Waals surface area contributed by atoms with Gasteiger partial charge in [-0.1, -0.05) is 6.58 Å². The summed E-state index contributed by atoms with van der Waals surface area (Å²) in [6.07, 6.45) is 3.35. The van der Waals surface area contributed by atoms with Crippen LogP contribution in [-0.2, 0) is 9.53 Å². The van der Waals surface area contributed by atoms with Crippen LogP contribution in [0.15, 0.2) is 47.7 Å². The molecule has 1 amide bonds. The molecule has 0 bridgehead atoms. The number of anilines is 2. The number of amides is 1. The van der Waals surface area contributed by atoms with E-state index in [4.69, 9.17) is 10.5 Å². The van der Waals surface area contributed by atoms with E-state index < -0.39 is 0 Å². The van der Waals surface area contributed by atoms with E-state index in [-0.39, 0.29) is 5.91 Å². The van der Waals surface area contributed by atoms with Crippen LogP contribution in [0.4, 0.5) is 11.4 Å². The Labute approximate surface area is 186 Å². The van der Waals surface area contributed by atoms with Gasteiger partial charge in [0, 0.05) is 30.7 Å². The molecule has 0 spiro atoms. The molecule has 1 aromatic carbocycles. The molecule has 0 aliphatic carbocycles. The van der Waals surface area contributed by atoms with Gasteiger partial charge in [-0.05, 0) is 44.2 Å². The largest absolute Gasteiger partial charge is 0.397 e. The summed E-state index contributed by atoms with van der Waals surface area (Å²) in [4.78, 5) is 23.9. The zero-order chi connectivity index (χ0) is 22.2. The Morgan fingerprint density at radius 2 is 1.90 bits per heavy atom. The summed E-state index contributed by atoms with van der Waals surface area (Å²) in [5.74, 6) is 0.442. The molecule has 31 heavy (non-hydrogen) atoms. The normalized spacial score (nSPS) is 15.2. The number of allylic oxidation sites excluding steroid dienone is 1. The SMILES string of the molecule is C=C(/N=C\C=C(/N)c1sc(C)nc1C)Nc1ccc(NC(=O)CN2CCOCC2)cc1. The van der Waals surface area contributed by atoms with E-state index in [0.717, 1.165) is 40.0 Å². The average Bonchev–Trinajstić information content (AvgIpc) is 3.08. The number of hydrogen-bond acceptors (Lipinski definition) is 8. The van der Waals surface area contributed by atoms with Gasteiger partial charge in [0.15, 0.2) is 0 Å². The Morgan fingerprint density at radius 1 is 1.26 bits per heavy atom. The van der Waals surface area contributed by atoms with Crippen LogP contribution in [0.5, 0.6) is 0 Å². The molecule has 1 saturated heterocycles. The van der Waals surface area contributed by atoms with Crippen molar-refractivity contribution in [2.75, 3.05) is 43.5 Å². The van der Waals surface area contributed by atoms with Crippen LogP contribution in [0.25, 0.3) is 5.70 Å². The van der Waals surface area contributed by atoms with Gasteiger partial charge < -0.3 is 21.1 Å². The second kappa shape index (κ2) is 10.9. The molecule has 1 aliphatic rings. The number of nitrogens with two attached hydrogens (primary N) is 1. The average molecular weight is 441 g/mol. The fourth-order valence-electron chi connectivity index (χ4n) is 3.08. The Hall–Kier alpha value is -3.01. The third-order valence-corrected chi connectivity index (χ3v) is 5.70. The van der Waals surface area contributed by atoms with Gasteiger partial charge in [-0.15, -0.1) is 11.3 Å². The van der Waals surface area contributed by atoms with Crippen LogP contribution in [0.1, 0.15) is 15.6 Å². The number of rotatable bonds is 8.